The highest BCUT2D eigenvalue weighted by atomic mass is 32.1. The van der Waals surface area contributed by atoms with E-state index in [1.54, 1.807) is 11.3 Å². The SMILES string of the molecule is NOCCc1ccc2ncsc2c1. The molecule has 0 fully saturated rings. The summed E-state index contributed by atoms with van der Waals surface area (Å²) < 4.78 is 1.22. The Morgan fingerprint density at radius 2 is 2.38 bits per heavy atom. The van der Waals surface area contributed by atoms with Crippen molar-refractivity contribution in [2.45, 2.75) is 6.42 Å². The second-order valence-electron chi connectivity index (χ2n) is 2.78. The van der Waals surface area contributed by atoms with Gasteiger partial charge in [0.05, 0.1) is 22.3 Å². The molecular formula is C9H10N2OS. The van der Waals surface area contributed by atoms with Crippen LogP contribution in [0.25, 0.3) is 10.2 Å². The molecule has 1 heterocycles. The Morgan fingerprint density at radius 3 is 3.23 bits per heavy atom. The molecule has 0 unspecified atom stereocenters. The Labute approximate surface area is 80.1 Å². The summed E-state index contributed by atoms with van der Waals surface area (Å²) in [5.74, 6) is 4.96. The molecule has 0 radical (unpaired) electrons. The van der Waals surface area contributed by atoms with Gasteiger partial charge in [-0.15, -0.1) is 11.3 Å². The van der Waals surface area contributed by atoms with Gasteiger partial charge in [0, 0.05) is 0 Å². The number of aromatic nitrogens is 1. The van der Waals surface area contributed by atoms with Crippen LogP contribution in [0, 0.1) is 0 Å². The fraction of sp³-hybridized carbons (Fsp3) is 0.222. The minimum atomic E-state index is 0.560. The van der Waals surface area contributed by atoms with Gasteiger partial charge in [0.15, 0.2) is 0 Å². The van der Waals surface area contributed by atoms with Crippen LogP contribution in [0.15, 0.2) is 23.7 Å². The van der Waals surface area contributed by atoms with Gasteiger partial charge in [-0.05, 0) is 24.1 Å². The first-order valence-corrected chi connectivity index (χ1v) is 4.92. The van der Waals surface area contributed by atoms with Crippen molar-refractivity contribution < 1.29 is 4.84 Å². The molecule has 0 saturated heterocycles. The van der Waals surface area contributed by atoms with Crippen LogP contribution >= 0.6 is 11.3 Å². The van der Waals surface area contributed by atoms with Gasteiger partial charge < -0.3 is 4.84 Å². The number of fused-ring (bicyclic) bond motifs is 1. The van der Waals surface area contributed by atoms with Crippen molar-refractivity contribution in [2.75, 3.05) is 6.61 Å². The Morgan fingerprint density at radius 1 is 1.46 bits per heavy atom. The lowest BCUT2D eigenvalue weighted by atomic mass is 10.1. The zero-order valence-corrected chi connectivity index (χ0v) is 7.88. The zero-order chi connectivity index (χ0) is 9.10. The van der Waals surface area contributed by atoms with Crippen molar-refractivity contribution in [1.29, 1.82) is 0 Å². The number of benzene rings is 1. The summed E-state index contributed by atoms with van der Waals surface area (Å²) in [4.78, 5) is 8.73. The lowest BCUT2D eigenvalue weighted by Gasteiger charge is -1.98. The summed E-state index contributed by atoms with van der Waals surface area (Å²) in [5, 5.41) is 0. The molecule has 0 bridgehead atoms. The standard InChI is InChI=1S/C9H10N2OS/c10-12-4-3-7-1-2-8-9(5-7)13-6-11-8/h1-2,5-6H,3-4,10H2. The molecule has 0 aliphatic rings. The first-order chi connectivity index (χ1) is 6.40. The topological polar surface area (TPSA) is 48.1 Å². The average molecular weight is 194 g/mol. The Balaban J connectivity index is 2.26. The first kappa shape index (κ1) is 8.62. The summed E-state index contributed by atoms with van der Waals surface area (Å²) in [6, 6.07) is 6.21. The molecule has 1 aromatic carbocycles. The summed E-state index contributed by atoms with van der Waals surface area (Å²) in [6.07, 6.45) is 0.852. The van der Waals surface area contributed by atoms with E-state index in [9.17, 15) is 0 Å². The van der Waals surface area contributed by atoms with Gasteiger partial charge >= 0.3 is 0 Å². The van der Waals surface area contributed by atoms with Crippen molar-refractivity contribution >= 4 is 21.6 Å². The van der Waals surface area contributed by atoms with Crippen molar-refractivity contribution in [3.63, 3.8) is 0 Å². The quantitative estimate of drug-likeness (QED) is 0.757. The maximum atomic E-state index is 4.96. The van der Waals surface area contributed by atoms with Gasteiger partial charge in [0.1, 0.15) is 0 Å². The summed E-state index contributed by atoms with van der Waals surface area (Å²) in [7, 11) is 0. The summed E-state index contributed by atoms with van der Waals surface area (Å²) in [6.45, 7) is 0.560. The van der Waals surface area contributed by atoms with Crippen LogP contribution in [-0.4, -0.2) is 11.6 Å². The molecule has 3 nitrogen and oxygen atoms in total. The van der Waals surface area contributed by atoms with Crippen LogP contribution in [-0.2, 0) is 11.3 Å². The third kappa shape index (κ3) is 1.85. The van der Waals surface area contributed by atoms with Crippen LogP contribution in [0.4, 0.5) is 0 Å². The minimum Gasteiger partial charge on any atom is -0.304 e. The van der Waals surface area contributed by atoms with E-state index in [1.807, 2.05) is 11.6 Å². The second kappa shape index (κ2) is 3.83. The molecule has 13 heavy (non-hydrogen) atoms. The molecule has 0 amide bonds. The predicted molar refractivity (Wildman–Crippen MR) is 53.5 cm³/mol. The van der Waals surface area contributed by atoms with Crippen LogP contribution in [0.2, 0.25) is 0 Å². The van der Waals surface area contributed by atoms with E-state index in [2.05, 4.69) is 22.0 Å². The van der Waals surface area contributed by atoms with Crippen molar-refractivity contribution in [3.8, 4) is 0 Å². The molecule has 2 aromatic rings. The minimum absolute atomic E-state index is 0.560. The van der Waals surface area contributed by atoms with E-state index >= 15 is 0 Å². The highest BCUT2D eigenvalue weighted by molar-refractivity contribution is 7.16. The van der Waals surface area contributed by atoms with Gasteiger partial charge in [-0.25, -0.2) is 10.9 Å². The molecule has 68 valence electrons. The third-order valence-corrected chi connectivity index (χ3v) is 2.70. The van der Waals surface area contributed by atoms with Crippen LogP contribution in [0.3, 0.4) is 0 Å². The van der Waals surface area contributed by atoms with Crippen LogP contribution in [0.5, 0.6) is 0 Å². The highest BCUT2D eigenvalue weighted by Gasteiger charge is 1.98. The molecular weight excluding hydrogens is 184 g/mol. The molecule has 2 rings (SSSR count). The Hall–Kier alpha value is -0.970. The molecule has 0 saturated carbocycles. The monoisotopic (exact) mass is 194 g/mol. The smallest absolute Gasteiger partial charge is 0.0812 e. The van der Waals surface area contributed by atoms with Gasteiger partial charge in [-0.2, -0.15) is 0 Å². The summed E-state index contributed by atoms with van der Waals surface area (Å²) >= 11 is 1.65. The van der Waals surface area contributed by atoms with Gasteiger partial charge in [0.25, 0.3) is 0 Å². The molecule has 2 N–H and O–H groups in total. The number of rotatable bonds is 3. The molecule has 0 atom stereocenters. The average Bonchev–Trinajstić information content (AvgIpc) is 2.61. The second-order valence-corrected chi connectivity index (χ2v) is 3.66. The van der Waals surface area contributed by atoms with Crippen molar-refractivity contribution in [2.24, 2.45) is 5.90 Å². The summed E-state index contributed by atoms with van der Waals surface area (Å²) in [5.41, 5.74) is 4.15. The lowest BCUT2D eigenvalue weighted by molar-refractivity contribution is 0.141. The fourth-order valence-corrected chi connectivity index (χ4v) is 1.97. The van der Waals surface area contributed by atoms with E-state index < -0.39 is 0 Å². The molecule has 0 aliphatic carbocycles. The molecule has 0 aliphatic heterocycles. The van der Waals surface area contributed by atoms with Crippen LogP contribution in [0.1, 0.15) is 5.56 Å². The predicted octanol–water partition coefficient (Wildman–Crippen LogP) is 1.73. The van der Waals surface area contributed by atoms with E-state index in [4.69, 9.17) is 5.90 Å². The van der Waals surface area contributed by atoms with Gasteiger partial charge in [-0.3, -0.25) is 0 Å². The third-order valence-electron chi connectivity index (χ3n) is 1.90. The Kier molecular flexibility index (Phi) is 2.54. The van der Waals surface area contributed by atoms with E-state index in [0.717, 1.165) is 11.9 Å². The number of hydrogen-bond donors (Lipinski definition) is 1. The number of hydrogen-bond acceptors (Lipinski definition) is 4. The van der Waals surface area contributed by atoms with Crippen molar-refractivity contribution in [1.82, 2.24) is 4.98 Å². The molecule has 4 heteroatoms. The largest absolute Gasteiger partial charge is 0.304 e. The number of nitrogens with zero attached hydrogens (tertiary/aromatic N) is 1. The van der Waals surface area contributed by atoms with Gasteiger partial charge in [-0.1, -0.05) is 6.07 Å². The van der Waals surface area contributed by atoms with E-state index in [0.29, 0.717) is 6.61 Å². The van der Waals surface area contributed by atoms with Gasteiger partial charge in [0.2, 0.25) is 0 Å². The molecule has 0 spiro atoms. The number of nitrogens with two attached hydrogens (primary N) is 1. The zero-order valence-electron chi connectivity index (χ0n) is 7.06. The fourth-order valence-electron chi connectivity index (χ4n) is 1.23. The molecule has 1 aromatic heterocycles. The maximum Gasteiger partial charge on any atom is 0.0812 e. The van der Waals surface area contributed by atoms with E-state index in [1.165, 1.54) is 10.3 Å². The van der Waals surface area contributed by atoms with Crippen molar-refractivity contribution in [3.05, 3.63) is 29.3 Å². The highest BCUT2D eigenvalue weighted by Crippen LogP contribution is 2.19. The number of thiazole rings is 1. The first-order valence-electron chi connectivity index (χ1n) is 4.04. The van der Waals surface area contributed by atoms with Crippen LogP contribution < -0.4 is 5.90 Å². The Bertz CT molecular complexity index is 399. The maximum absolute atomic E-state index is 4.96. The lowest BCUT2D eigenvalue weighted by Crippen LogP contribution is -2.03. The normalized spacial score (nSPS) is 10.8. The van der Waals surface area contributed by atoms with E-state index in [-0.39, 0.29) is 0 Å².